The van der Waals surface area contributed by atoms with E-state index in [2.05, 4.69) is 24.1 Å². The number of oxime groups is 1. The zero-order valence-corrected chi connectivity index (χ0v) is 14.7. The van der Waals surface area contributed by atoms with Gasteiger partial charge >= 0.3 is 0 Å². The largest absolute Gasteiger partial charge is 0.411 e. The molecule has 0 aromatic rings. The predicted octanol–water partition coefficient (Wildman–Crippen LogP) is 4.14. The Labute approximate surface area is 145 Å². The van der Waals surface area contributed by atoms with Crippen LogP contribution in [0.5, 0.6) is 0 Å². The maximum atomic E-state index is 11.1. The summed E-state index contributed by atoms with van der Waals surface area (Å²) in [6, 6.07) is 0. The molecule has 0 radical (unpaired) electrons. The molecule has 4 aliphatic carbocycles. The number of terminal acetylenes is 1. The molecule has 4 rings (SSSR count). The maximum absolute atomic E-state index is 11.1. The van der Waals surface area contributed by atoms with Gasteiger partial charge in [0.15, 0.2) is 0 Å². The van der Waals surface area contributed by atoms with Gasteiger partial charge in [-0.15, -0.1) is 6.42 Å². The van der Waals surface area contributed by atoms with Crippen LogP contribution in [0.2, 0.25) is 0 Å². The average molecular weight is 327 g/mol. The van der Waals surface area contributed by atoms with Gasteiger partial charge in [-0.05, 0) is 87.5 Å². The van der Waals surface area contributed by atoms with Crippen molar-refractivity contribution in [3.05, 3.63) is 11.6 Å². The molecule has 2 N–H and O–H groups in total. The first kappa shape index (κ1) is 16.2. The van der Waals surface area contributed by atoms with E-state index in [1.54, 1.807) is 0 Å². The molecule has 0 spiro atoms. The van der Waals surface area contributed by atoms with Gasteiger partial charge in [-0.2, -0.15) is 0 Å². The molecule has 0 aromatic heterocycles. The SMILES string of the molecule is C#CC1(O)CCC2C3CCC4=C/C(=N\O)CCC4C3CCC21CC. The van der Waals surface area contributed by atoms with Crippen LogP contribution in [0.4, 0.5) is 0 Å². The first-order chi connectivity index (χ1) is 11.6. The van der Waals surface area contributed by atoms with Crippen molar-refractivity contribution in [2.24, 2.45) is 34.2 Å². The van der Waals surface area contributed by atoms with Gasteiger partial charge in [-0.25, -0.2) is 0 Å². The van der Waals surface area contributed by atoms with Crippen LogP contribution in [0.1, 0.15) is 64.7 Å². The van der Waals surface area contributed by atoms with Crippen molar-refractivity contribution >= 4 is 5.71 Å². The smallest absolute Gasteiger partial charge is 0.131 e. The highest BCUT2D eigenvalue weighted by Crippen LogP contribution is 2.66. The van der Waals surface area contributed by atoms with Gasteiger partial charge < -0.3 is 10.3 Å². The molecule has 6 atom stereocenters. The Morgan fingerprint density at radius 2 is 2.04 bits per heavy atom. The van der Waals surface area contributed by atoms with E-state index < -0.39 is 5.60 Å². The lowest BCUT2D eigenvalue weighted by Gasteiger charge is -2.56. The van der Waals surface area contributed by atoms with Crippen molar-refractivity contribution < 1.29 is 10.3 Å². The molecular weight excluding hydrogens is 298 g/mol. The van der Waals surface area contributed by atoms with Gasteiger partial charge in [0.2, 0.25) is 0 Å². The Kier molecular flexibility index (Phi) is 3.80. The highest BCUT2D eigenvalue weighted by atomic mass is 16.4. The second kappa shape index (κ2) is 5.63. The third-order valence-electron chi connectivity index (χ3n) is 8.16. The van der Waals surface area contributed by atoms with Gasteiger partial charge in [0.05, 0.1) is 5.71 Å². The number of nitrogens with zero attached hydrogens (tertiary/aromatic N) is 1. The third kappa shape index (κ3) is 1.99. The van der Waals surface area contributed by atoms with Crippen LogP contribution in [-0.4, -0.2) is 21.6 Å². The Hall–Kier alpha value is -1.27. The van der Waals surface area contributed by atoms with Crippen molar-refractivity contribution in [3.8, 4) is 12.3 Å². The molecule has 130 valence electrons. The first-order valence-corrected chi connectivity index (χ1v) is 9.70. The molecule has 24 heavy (non-hydrogen) atoms. The van der Waals surface area contributed by atoms with Gasteiger partial charge in [0.25, 0.3) is 0 Å². The van der Waals surface area contributed by atoms with E-state index in [4.69, 9.17) is 11.6 Å². The van der Waals surface area contributed by atoms with Crippen LogP contribution >= 0.6 is 0 Å². The van der Waals surface area contributed by atoms with E-state index in [-0.39, 0.29) is 5.41 Å². The van der Waals surface area contributed by atoms with Crippen LogP contribution in [0, 0.1) is 41.4 Å². The average Bonchev–Trinajstić information content (AvgIpc) is 2.94. The molecule has 3 fully saturated rings. The van der Waals surface area contributed by atoms with Crippen molar-refractivity contribution in [3.63, 3.8) is 0 Å². The Bertz CT molecular complexity index is 630. The zero-order valence-electron chi connectivity index (χ0n) is 14.7. The zero-order chi connectivity index (χ0) is 16.9. The highest BCUT2D eigenvalue weighted by molar-refractivity contribution is 5.96. The maximum Gasteiger partial charge on any atom is 0.131 e. The van der Waals surface area contributed by atoms with Crippen LogP contribution in [0.3, 0.4) is 0 Å². The molecule has 6 unspecified atom stereocenters. The summed E-state index contributed by atoms with van der Waals surface area (Å²) < 4.78 is 0. The summed E-state index contributed by atoms with van der Waals surface area (Å²) in [7, 11) is 0. The Morgan fingerprint density at radius 1 is 1.21 bits per heavy atom. The predicted molar refractivity (Wildman–Crippen MR) is 94.7 cm³/mol. The molecule has 3 saturated carbocycles. The summed E-state index contributed by atoms with van der Waals surface area (Å²) >= 11 is 0. The summed E-state index contributed by atoms with van der Waals surface area (Å²) in [5.74, 6) is 5.47. The van der Waals surface area contributed by atoms with Crippen molar-refractivity contribution in [2.45, 2.75) is 70.3 Å². The fraction of sp³-hybridized carbons (Fsp3) is 0.762. The molecule has 0 aromatic carbocycles. The lowest BCUT2D eigenvalue weighted by atomic mass is 9.49. The molecule has 4 aliphatic rings. The van der Waals surface area contributed by atoms with Crippen LogP contribution < -0.4 is 0 Å². The van der Waals surface area contributed by atoms with Crippen molar-refractivity contribution in [1.29, 1.82) is 0 Å². The first-order valence-electron chi connectivity index (χ1n) is 9.70. The molecule has 3 heteroatoms. The fourth-order valence-electron chi connectivity index (χ4n) is 7.05. The van der Waals surface area contributed by atoms with Crippen LogP contribution in [-0.2, 0) is 0 Å². The summed E-state index contributed by atoms with van der Waals surface area (Å²) in [5, 5.41) is 23.7. The minimum Gasteiger partial charge on any atom is -0.411 e. The second-order valence-corrected chi connectivity index (χ2v) is 8.52. The summed E-state index contributed by atoms with van der Waals surface area (Å²) in [6.45, 7) is 2.22. The van der Waals surface area contributed by atoms with Crippen molar-refractivity contribution in [1.82, 2.24) is 0 Å². The minimum atomic E-state index is -0.892. The quantitative estimate of drug-likeness (QED) is 0.432. The van der Waals surface area contributed by atoms with Gasteiger partial charge in [0.1, 0.15) is 5.60 Å². The number of fused-ring (bicyclic) bond motifs is 5. The Balaban J connectivity index is 1.65. The fourth-order valence-corrected chi connectivity index (χ4v) is 7.05. The minimum absolute atomic E-state index is 0.0590. The number of allylic oxidation sites excluding steroid dienone is 2. The highest BCUT2D eigenvalue weighted by Gasteiger charge is 2.63. The van der Waals surface area contributed by atoms with E-state index in [0.717, 1.165) is 56.6 Å². The molecular formula is C21H29NO2. The number of aliphatic hydroxyl groups is 1. The number of rotatable bonds is 1. The standard InChI is InChI=1S/C21H29NO2/c1-3-20-11-9-17-16-8-6-15(22-24)13-14(16)5-7-18(17)19(20)10-12-21(20,23)4-2/h2,13,16-19,23-24H,3,5-12H2,1H3/b22-15-. The molecule has 3 nitrogen and oxygen atoms in total. The van der Waals surface area contributed by atoms with E-state index in [1.165, 1.54) is 18.4 Å². The summed E-state index contributed by atoms with van der Waals surface area (Å²) in [6.07, 6.45) is 17.4. The molecule has 0 amide bonds. The van der Waals surface area contributed by atoms with E-state index in [9.17, 15) is 5.11 Å². The monoisotopic (exact) mass is 327 g/mol. The van der Waals surface area contributed by atoms with Gasteiger partial charge in [-0.1, -0.05) is 23.6 Å². The lowest BCUT2D eigenvalue weighted by molar-refractivity contribution is -0.0989. The van der Waals surface area contributed by atoms with Gasteiger partial charge in [-0.3, -0.25) is 0 Å². The molecule has 0 saturated heterocycles. The third-order valence-corrected chi connectivity index (χ3v) is 8.16. The van der Waals surface area contributed by atoms with Crippen LogP contribution in [0.15, 0.2) is 16.8 Å². The second-order valence-electron chi connectivity index (χ2n) is 8.52. The van der Waals surface area contributed by atoms with E-state index in [1.807, 2.05) is 0 Å². The number of hydrogen-bond donors (Lipinski definition) is 2. The summed E-state index contributed by atoms with van der Waals surface area (Å²) in [5.41, 5.74) is 1.40. The molecule has 0 bridgehead atoms. The number of hydrogen-bond acceptors (Lipinski definition) is 3. The van der Waals surface area contributed by atoms with E-state index in [0.29, 0.717) is 17.8 Å². The Morgan fingerprint density at radius 3 is 2.75 bits per heavy atom. The van der Waals surface area contributed by atoms with Gasteiger partial charge in [0, 0.05) is 5.41 Å². The summed E-state index contributed by atoms with van der Waals surface area (Å²) in [4.78, 5) is 0. The van der Waals surface area contributed by atoms with Crippen molar-refractivity contribution in [2.75, 3.05) is 0 Å². The van der Waals surface area contributed by atoms with E-state index >= 15 is 0 Å². The topological polar surface area (TPSA) is 52.8 Å². The molecule has 0 aliphatic heterocycles. The normalized spacial score (nSPS) is 48.9. The van der Waals surface area contributed by atoms with Crippen LogP contribution in [0.25, 0.3) is 0 Å². The molecule has 0 heterocycles. The lowest BCUT2D eigenvalue weighted by Crippen LogP contribution is -2.53.